The predicted molar refractivity (Wildman–Crippen MR) is 95.8 cm³/mol. The molecule has 0 saturated heterocycles. The zero-order chi connectivity index (χ0) is 17.3. The van der Waals surface area contributed by atoms with Gasteiger partial charge in [0.1, 0.15) is 5.60 Å². The highest BCUT2D eigenvalue weighted by Gasteiger charge is 2.19. The molecule has 0 rings (SSSR count). The molecule has 0 bridgehead atoms. The summed E-state index contributed by atoms with van der Waals surface area (Å²) in [5.41, 5.74) is 1.24. The largest absolute Gasteiger partial charge is 0.457 e. The molecule has 0 unspecified atom stereocenters. The summed E-state index contributed by atoms with van der Waals surface area (Å²) in [7, 11) is 0. The Bertz CT molecular complexity index is 528. The zero-order valence-corrected chi connectivity index (χ0v) is 14.5. The number of hydrogen-bond donors (Lipinski definition) is 0. The summed E-state index contributed by atoms with van der Waals surface area (Å²) in [5, 5.41) is 0.683. The van der Waals surface area contributed by atoms with Gasteiger partial charge in [-0.05, 0) is 38.0 Å². The first-order valence-electron chi connectivity index (χ1n) is 6.98. The van der Waals surface area contributed by atoms with E-state index in [-0.39, 0.29) is 0 Å². The number of rotatable bonds is 8. The molecular formula is C19H25ClO2. The van der Waals surface area contributed by atoms with Crippen LogP contribution in [0.3, 0.4) is 0 Å². The summed E-state index contributed by atoms with van der Waals surface area (Å²) >= 11 is 5.94. The molecule has 0 radical (unpaired) electrons. The van der Waals surface area contributed by atoms with Crippen LogP contribution in [0.15, 0.2) is 72.4 Å². The number of halogens is 1. The van der Waals surface area contributed by atoms with Crippen LogP contribution in [0.4, 0.5) is 0 Å². The van der Waals surface area contributed by atoms with Crippen LogP contribution in [0.2, 0.25) is 0 Å². The number of carbonyl (C=O) groups excluding carboxylic acids is 1. The molecule has 0 heterocycles. The molecule has 0 aromatic rings. The first-order valence-corrected chi connectivity index (χ1v) is 7.36. The second kappa shape index (κ2) is 9.26. The summed E-state index contributed by atoms with van der Waals surface area (Å²) in [5.74, 6) is -0.417. The third kappa shape index (κ3) is 9.19. The molecule has 0 fully saturated rings. The predicted octanol–water partition coefficient (Wildman–Crippen LogP) is 5.64. The van der Waals surface area contributed by atoms with E-state index in [1.807, 2.05) is 20.8 Å². The summed E-state index contributed by atoms with van der Waals surface area (Å²) in [6.45, 7) is 20.6. The molecule has 0 aliphatic rings. The van der Waals surface area contributed by atoms with E-state index in [9.17, 15) is 4.79 Å². The van der Waals surface area contributed by atoms with E-state index in [4.69, 9.17) is 16.3 Å². The van der Waals surface area contributed by atoms with Gasteiger partial charge in [-0.15, -0.1) is 6.58 Å². The number of hydrogen-bond acceptors (Lipinski definition) is 2. The summed E-state index contributed by atoms with van der Waals surface area (Å²) < 4.78 is 5.26. The molecule has 0 aliphatic heterocycles. The highest BCUT2D eigenvalue weighted by atomic mass is 35.5. The van der Waals surface area contributed by atoms with Crippen molar-refractivity contribution in [1.82, 2.24) is 0 Å². The lowest BCUT2D eigenvalue weighted by molar-refractivity contribution is -0.149. The van der Waals surface area contributed by atoms with Crippen molar-refractivity contribution >= 4 is 17.6 Å². The SMILES string of the molecule is C=CC/C(Cl)=C\C=C/C(=C)C(=C)CC(=C)C(=O)OC(C)(C)C. The molecule has 2 nitrogen and oxygen atoms in total. The number of carbonyl (C=O) groups is 1. The third-order valence-electron chi connectivity index (χ3n) is 2.48. The van der Waals surface area contributed by atoms with Crippen LogP contribution >= 0.6 is 11.6 Å². The lowest BCUT2D eigenvalue weighted by Crippen LogP contribution is -2.24. The maximum absolute atomic E-state index is 11.8. The fraction of sp³-hybridized carbons (Fsp3) is 0.316. The van der Waals surface area contributed by atoms with Crippen molar-refractivity contribution in [3.05, 3.63) is 72.4 Å². The van der Waals surface area contributed by atoms with Crippen LogP contribution in [-0.2, 0) is 9.53 Å². The van der Waals surface area contributed by atoms with Crippen LogP contribution in [0.5, 0.6) is 0 Å². The minimum absolute atomic E-state index is 0.322. The van der Waals surface area contributed by atoms with Gasteiger partial charge < -0.3 is 4.74 Å². The standard InChI is InChI=1S/C19H25ClO2/c1-8-10-17(20)12-9-11-14(2)15(3)13-16(4)18(21)22-19(5,6)7/h8-9,11-12H,1-4,10,13H2,5-7H3/b11-9-,17-12+. The molecule has 3 heteroatoms. The van der Waals surface area contributed by atoms with Gasteiger partial charge in [-0.1, -0.05) is 49.6 Å². The van der Waals surface area contributed by atoms with Crippen LogP contribution in [0.1, 0.15) is 33.6 Å². The van der Waals surface area contributed by atoms with Crippen molar-refractivity contribution in [2.24, 2.45) is 0 Å². The van der Waals surface area contributed by atoms with Crippen LogP contribution in [-0.4, -0.2) is 11.6 Å². The molecule has 0 aliphatic carbocycles. The first-order chi connectivity index (χ1) is 10.1. The topological polar surface area (TPSA) is 26.3 Å². The van der Waals surface area contributed by atoms with Gasteiger partial charge in [0.25, 0.3) is 0 Å². The van der Waals surface area contributed by atoms with Gasteiger partial charge in [-0.25, -0.2) is 4.79 Å². The van der Waals surface area contributed by atoms with Crippen molar-refractivity contribution in [2.75, 3.05) is 0 Å². The Labute approximate surface area is 139 Å². The van der Waals surface area contributed by atoms with E-state index in [2.05, 4.69) is 26.3 Å². The van der Waals surface area contributed by atoms with Crippen LogP contribution in [0, 0.1) is 0 Å². The molecule has 22 heavy (non-hydrogen) atoms. The molecule has 0 saturated carbocycles. The van der Waals surface area contributed by atoms with Gasteiger partial charge in [0.2, 0.25) is 0 Å². The van der Waals surface area contributed by atoms with Crippen molar-refractivity contribution < 1.29 is 9.53 Å². The molecule has 0 N–H and O–H groups in total. The van der Waals surface area contributed by atoms with Gasteiger partial charge >= 0.3 is 5.97 Å². The van der Waals surface area contributed by atoms with Crippen molar-refractivity contribution in [3.63, 3.8) is 0 Å². The maximum atomic E-state index is 11.8. The summed E-state index contributed by atoms with van der Waals surface area (Å²) in [4.78, 5) is 11.8. The Kier molecular flexibility index (Phi) is 8.51. The quantitative estimate of drug-likeness (QED) is 0.250. The van der Waals surface area contributed by atoms with Crippen molar-refractivity contribution in [1.29, 1.82) is 0 Å². The molecule has 120 valence electrons. The van der Waals surface area contributed by atoms with E-state index in [1.165, 1.54) is 0 Å². The van der Waals surface area contributed by atoms with E-state index in [0.29, 0.717) is 34.6 Å². The Hall–Kier alpha value is -1.80. The molecule has 0 spiro atoms. The minimum Gasteiger partial charge on any atom is -0.457 e. The molecule has 0 amide bonds. The summed E-state index contributed by atoms with van der Waals surface area (Å²) in [6.07, 6.45) is 8.01. The highest BCUT2D eigenvalue weighted by molar-refractivity contribution is 6.29. The first kappa shape index (κ1) is 20.2. The normalized spacial score (nSPS) is 12.1. The molecule has 0 atom stereocenters. The molecule has 0 aromatic carbocycles. The van der Waals surface area contributed by atoms with Crippen molar-refractivity contribution in [3.8, 4) is 0 Å². The van der Waals surface area contributed by atoms with E-state index in [1.54, 1.807) is 24.3 Å². The average molecular weight is 321 g/mol. The molecular weight excluding hydrogens is 296 g/mol. The summed E-state index contributed by atoms with van der Waals surface area (Å²) in [6, 6.07) is 0. The smallest absolute Gasteiger partial charge is 0.334 e. The lowest BCUT2D eigenvalue weighted by atomic mass is 10.0. The zero-order valence-electron chi connectivity index (χ0n) is 13.7. The Morgan fingerprint density at radius 3 is 2.27 bits per heavy atom. The van der Waals surface area contributed by atoms with Crippen molar-refractivity contribution in [2.45, 2.75) is 39.2 Å². The van der Waals surface area contributed by atoms with Crippen LogP contribution < -0.4 is 0 Å². The average Bonchev–Trinajstić information content (AvgIpc) is 2.36. The van der Waals surface area contributed by atoms with Gasteiger partial charge in [0.15, 0.2) is 0 Å². The van der Waals surface area contributed by atoms with E-state index in [0.717, 1.165) is 0 Å². The Balaban J connectivity index is 4.54. The second-order valence-electron chi connectivity index (χ2n) is 5.88. The fourth-order valence-corrected chi connectivity index (χ4v) is 1.57. The van der Waals surface area contributed by atoms with E-state index < -0.39 is 11.6 Å². The third-order valence-corrected chi connectivity index (χ3v) is 2.76. The number of allylic oxidation sites excluding steroid dienone is 7. The van der Waals surface area contributed by atoms with Crippen LogP contribution in [0.25, 0.3) is 0 Å². The van der Waals surface area contributed by atoms with Gasteiger partial charge in [-0.3, -0.25) is 0 Å². The maximum Gasteiger partial charge on any atom is 0.334 e. The van der Waals surface area contributed by atoms with Gasteiger partial charge in [-0.2, -0.15) is 0 Å². The Morgan fingerprint density at radius 2 is 1.77 bits per heavy atom. The fourth-order valence-electron chi connectivity index (χ4n) is 1.39. The monoisotopic (exact) mass is 320 g/mol. The number of esters is 1. The Morgan fingerprint density at radius 1 is 1.18 bits per heavy atom. The van der Waals surface area contributed by atoms with Gasteiger partial charge in [0.05, 0.1) is 0 Å². The van der Waals surface area contributed by atoms with E-state index >= 15 is 0 Å². The minimum atomic E-state index is -0.537. The second-order valence-corrected chi connectivity index (χ2v) is 6.36. The lowest BCUT2D eigenvalue weighted by Gasteiger charge is -2.20. The van der Waals surface area contributed by atoms with Gasteiger partial charge in [0, 0.05) is 23.4 Å². The highest BCUT2D eigenvalue weighted by Crippen LogP contribution is 2.19. The number of ether oxygens (including phenoxy) is 1. The molecule has 0 aromatic heterocycles.